The number of anilines is 1. The second kappa shape index (κ2) is 8.39. The summed E-state index contributed by atoms with van der Waals surface area (Å²) in [5.74, 6) is 0.540. The van der Waals surface area contributed by atoms with Crippen molar-refractivity contribution in [2.45, 2.75) is 13.3 Å². The van der Waals surface area contributed by atoms with Gasteiger partial charge in [0.15, 0.2) is 0 Å². The first kappa shape index (κ1) is 17.8. The molecule has 0 atom stereocenters. The van der Waals surface area contributed by atoms with Crippen molar-refractivity contribution >= 4 is 22.4 Å². The lowest BCUT2D eigenvalue weighted by Gasteiger charge is -2.12. The van der Waals surface area contributed by atoms with E-state index in [1.165, 1.54) is 17.9 Å². The van der Waals surface area contributed by atoms with Crippen molar-refractivity contribution < 1.29 is 14.3 Å². The van der Waals surface area contributed by atoms with Crippen LogP contribution in [-0.4, -0.2) is 26.2 Å². The Morgan fingerprint density at radius 1 is 1.00 bits per heavy atom. The largest absolute Gasteiger partial charge is 0.494 e. The van der Waals surface area contributed by atoms with Gasteiger partial charge in [0.1, 0.15) is 5.75 Å². The van der Waals surface area contributed by atoms with E-state index in [0.29, 0.717) is 18.7 Å². The molecule has 0 aliphatic carbocycles. The first-order valence-electron chi connectivity index (χ1n) is 8.72. The number of rotatable bonds is 7. The lowest BCUT2D eigenvalue weighted by Crippen LogP contribution is -2.11. The predicted molar refractivity (Wildman–Crippen MR) is 105 cm³/mol. The van der Waals surface area contributed by atoms with E-state index < -0.39 is 0 Å². The summed E-state index contributed by atoms with van der Waals surface area (Å²) in [7, 11) is 1.39. The number of benzene rings is 3. The zero-order valence-electron chi connectivity index (χ0n) is 15.1. The average molecular weight is 349 g/mol. The first-order valence-corrected chi connectivity index (χ1v) is 8.72. The van der Waals surface area contributed by atoms with Gasteiger partial charge >= 0.3 is 5.97 Å². The van der Waals surface area contributed by atoms with E-state index in [1.54, 1.807) is 0 Å². The van der Waals surface area contributed by atoms with E-state index in [4.69, 9.17) is 9.47 Å². The minimum atomic E-state index is -0.330. The third-order valence-corrected chi connectivity index (χ3v) is 4.21. The van der Waals surface area contributed by atoms with E-state index in [0.717, 1.165) is 23.4 Å². The molecule has 0 spiro atoms. The fraction of sp³-hybridized carbons (Fsp3) is 0.227. The fourth-order valence-corrected chi connectivity index (χ4v) is 2.83. The molecule has 0 aromatic heterocycles. The molecule has 0 fully saturated rings. The maximum Gasteiger partial charge on any atom is 0.339 e. The molecule has 0 saturated heterocycles. The van der Waals surface area contributed by atoms with Crippen LogP contribution in [0.5, 0.6) is 5.75 Å². The molecule has 0 saturated carbocycles. The Morgan fingerprint density at radius 2 is 1.81 bits per heavy atom. The average Bonchev–Trinajstić information content (AvgIpc) is 2.68. The molecular formula is C22H23NO3. The van der Waals surface area contributed by atoms with Crippen molar-refractivity contribution in [3.05, 3.63) is 71.8 Å². The van der Waals surface area contributed by atoms with Gasteiger partial charge in [-0.05, 0) is 48.4 Å². The minimum Gasteiger partial charge on any atom is -0.494 e. The first-order chi connectivity index (χ1) is 12.7. The van der Waals surface area contributed by atoms with Gasteiger partial charge < -0.3 is 14.8 Å². The quantitative estimate of drug-likeness (QED) is 0.491. The molecule has 0 radical (unpaired) electrons. The molecule has 3 rings (SSSR count). The standard InChI is InChI=1S/C22H23NO3/c1-16-8-11-21(20(14-16)22(24)25-2)23-12-5-13-26-19-10-9-17-6-3-4-7-18(17)15-19/h3-4,6-11,14-15,23H,5,12-13H2,1-2H3. The monoisotopic (exact) mass is 349 g/mol. The van der Waals surface area contributed by atoms with E-state index >= 15 is 0 Å². The summed E-state index contributed by atoms with van der Waals surface area (Å²) < 4.78 is 10.7. The Balaban J connectivity index is 1.52. The number of fused-ring (bicyclic) bond motifs is 1. The maximum absolute atomic E-state index is 11.9. The van der Waals surface area contributed by atoms with Crippen LogP contribution >= 0.6 is 0 Å². The van der Waals surface area contributed by atoms with Gasteiger partial charge in [-0.15, -0.1) is 0 Å². The summed E-state index contributed by atoms with van der Waals surface area (Å²) in [5.41, 5.74) is 2.37. The van der Waals surface area contributed by atoms with Crippen LogP contribution in [0.15, 0.2) is 60.7 Å². The molecule has 1 N–H and O–H groups in total. The molecule has 0 heterocycles. The molecule has 3 aromatic carbocycles. The second-order valence-corrected chi connectivity index (χ2v) is 6.18. The number of hydrogen-bond donors (Lipinski definition) is 1. The maximum atomic E-state index is 11.9. The summed E-state index contributed by atoms with van der Waals surface area (Å²) in [4.78, 5) is 11.9. The summed E-state index contributed by atoms with van der Waals surface area (Å²) in [6.45, 7) is 3.26. The van der Waals surface area contributed by atoms with Gasteiger partial charge in [0, 0.05) is 12.2 Å². The number of carbonyl (C=O) groups excluding carboxylic acids is 1. The highest BCUT2D eigenvalue weighted by molar-refractivity contribution is 5.95. The van der Waals surface area contributed by atoms with Gasteiger partial charge in [0.05, 0.1) is 19.3 Å². The Morgan fingerprint density at radius 3 is 2.62 bits per heavy atom. The van der Waals surface area contributed by atoms with E-state index in [9.17, 15) is 4.79 Å². The van der Waals surface area contributed by atoms with Crippen LogP contribution in [0.3, 0.4) is 0 Å². The topological polar surface area (TPSA) is 47.6 Å². The molecule has 0 amide bonds. The molecule has 0 aliphatic heterocycles. The van der Waals surface area contributed by atoms with Crippen LogP contribution in [0.1, 0.15) is 22.3 Å². The Labute approximate surface area is 153 Å². The second-order valence-electron chi connectivity index (χ2n) is 6.18. The number of carbonyl (C=O) groups is 1. The van der Waals surface area contributed by atoms with Crippen LogP contribution in [0.25, 0.3) is 10.8 Å². The Bertz CT molecular complexity index is 905. The smallest absolute Gasteiger partial charge is 0.339 e. The van der Waals surface area contributed by atoms with E-state index in [2.05, 4.69) is 29.6 Å². The molecule has 26 heavy (non-hydrogen) atoms. The lowest BCUT2D eigenvalue weighted by atomic mass is 10.1. The molecule has 0 unspecified atom stereocenters. The summed E-state index contributed by atoms with van der Waals surface area (Å²) in [5, 5.41) is 5.67. The highest BCUT2D eigenvalue weighted by Crippen LogP contribution is 2.21. The number of nitrogens with one attached hydrogen (secondary N) is 1. The van der Waals surface area contributed by atoms with Gasteiger partial charge in [-0.1, -0.05) is 42.0 Å². The van der Waals surface area contributed by atoms with E-state index in [1.807, 2.05) is 43.3 Å². The predicted octanol–water partition coefficient (Wildman–Crippen LogP) is 4.82. The SMILES string of the molecule is COC(=O)c1cc(C)ccc1NCCCOc1ccc2ccccc2c1. The third kappa shape index (κ3) is 4.33. The molecule has 4 heteroatoms. The fourth-order valence-electron chi connectivity index (χ4n) is 2.83. The summed E-state index contributed by atoms with van der Waals surface area (Å²) >= 11 is 0. The molecule has 4 nitrogen and oxygen atoms in total. The number of aryl methyl sites for hydroxylation is 1. The summed E-state index contributed by atoms with van der Waals surface area (Å²) in [6.07, 6.45) is 0.821. The Hall–Kier alpha value is -3.01. The highest BCUT2D eigenvalue weighted by atomic mass is 16.5. The normalized spacial score (nSPS) is 10.5. The summed E-state index contributed by atoms with van der Waals surface area (Å²) in [6, 6.07) is 20.0. The van der Waals surface area contributed by atoms with Gasteiger partial charge in [0.25, 0.3) is 0 Å². The van der Waals surface area contributed by atoms with Gasteiger partial charge in [-0.25, -0.2) is 4.79 Å². The molecule has 0 bridgehead atoms. The van der Waals surface area contributed by atoms with Crippen LogP contribution < -0.4 is 10.1 Å². The molecule has 0 aliphatic rings. The molecular weight excluding hydrogens is 326 g/mol. The van der Waals surface area contributed by atoms with Crippen molar-refractivity contribution in [1.29, 1.82) is 0 Å². The van der Waals surface area contributed by atoms with Gasteiger partial charge in [-0.2, -0.15) is 0 Å². The molecule has 134 valence electrons. The van der Waals surface area contributed by atoms with Crippen LogP contribution in [0.2, 0.25) is 0 Å². The number of esters is 1. The van der Waals surface area contributed by atoms with Crippen molar-refractivity contribution in [1.82, 2.24) is 0 Å². The zero-order valence-corrected chi connectivity index (χ0v) is 15.1. The van der Waals surface area contributed by atoms with Crippen LogP contribution in [0, 0.1) is 6.92 Å². The lowest BCUT2D eigenvalue weighted by molar-refractivity contribution is 0.0601. The van der Waals surface area contributed by atoms with Crippen LogP contribution in [0.4, 0.5) is 5.69 Å². The van der Waals surface area contributed by atoms with Crippen molar-refractivity contribution in [3.8, 4) is 5.75 Å². The van der Waals surface area contributed by atoms with E-state index in [-0.39, 0.29) is 5.97 Å². The highest BCUT2D eigenvalue weighted by Gasteiger charge is 2.11. The minimum absolute atomic E-state index is 0.330. The van der Waals surface area contributed by atoms with Crippen molar-refractivity contribution in [2.24, 2.45) is 0 Å². The van der Waals surface area contributed by atoms with Crippen molar-refractivity contribution in [3.63, 3.8) is 0 Å². The zero-order chi connectivity index (χ0) is 18.4. The third-order valence-electron chi connectivity index (χ3n) is 4.21. The van der Waals surface area contributed by atoms with Gasteiger partial charge in [-0.3, -0.25) is 0 Å². The number of ether oxygens (including phenoxy) is 2. The molecule has 3 aromatic rings. The number of hydrogen-bond acceptors (Lipinski definition) is 4. The van der Waals surface area contributed by atoms with Crippen LogP contribution in [-0.2, 0) is 4.74 Å². The number of methoxy groups -OCH3 is 1. The van der Waals surface area contributed by atoms with Crippen molar-refractivity contribution in [2.75, 3.05) is 25.6 Å². The van der Waals surface area contributed by atoms with Gasteiger partial charge in [0.2, 0.25) is 0 Å². The Kier molecular flexibility index (Phi) is 5.74.